The Hall–Kier alpha value is -2.28. The fourth-order valence-corrected chi connectivity index (χ4v) is 3.16. The van der Waals surface area contributed by atoms with Crippen LogP contribution < -0.4 is 9.47 Å². The second-order valence-electron chi connectivity index (χ2n) is 5.88. The van der Waals surface area contributed by atoms with Crippen molar-refractivity contribution in [3.8, 4) is 11.5 Å². The van der Waals surface area contributed by atoms with E-state index in [1.54, 1.807) is 19.2 Å². The number of rotatable bonds is 3. The number of carbonyl (C=O) groups is 2. The number of fused-ring (bicyclic) bond motifs is 1. The Morgan fingerprint density at radius 1 is 1.43 bits per heavy atom. The van der Waals surface area contributed by atoms with E-state index in [9.17, 15) is 9.59 Å². The normalized spacial score (nSPS) is 21.0. The summed E-state index contributed by atoms with van der Waals surface area (Å²) < 4.78 is 11.0. The van der Waals surface area contributed by atoms with Crippen LogP contribution in [0.5, 0.6) is 11.5 Å². The molecule has 3 rings (SSSR count). The van der Waals surface area contributed by atoms with Crippen LogP contribution in [0.15, 0.2) is 12.1 Å². The van der Waals surface area contributed by atoms with Gasteiger partial charge in [0.25, 0.3) is 0 Å². The van der Waals surface area contributed by atoms with Gasteiger partial charge in [-0.15, -0.1) is 0 Å². The molecule has 0 bridgehead atoms. The molecule has 7 nitrogen and oxygen atoms in total. The van der Waals surface area contributed by atoms with E-state index in [1.807, 2.05) is 6.92 Å². The molecule has 7 heteroatoms. The molecule has 1 aromatic rings. The third-order valence-corrected chi connectivity index (χ3v) is 4.48. The van der Waals surface area contributed by atoms with Gasteiger partial charge in [-0.05, 0) is 19.1 Å². The summed E-state index contributed by atoms with van der Waals surface area (Å²) >= 11 is 0. The van der Waals surface area contributed by atoms with Crippen LogP contribution in [0, 0.1) is 0 Å². The summed E-state index contributed by atoms with van der Waals surface area (Å²) in [6, 6.07) is 3.61. The highest BCUT2D eigenvalue weighted by Gasteiger charge is 2.31. The molecule has 0 aliphatic carbocycles. The number of nitrogens with zero attached hydrogens (tertiary/aromatic N) is 2. The first-order chi connectivity index (χ1) is 11.0. The zero-order valence-corrected chi connectivity index (χ0v) is 13.2. The zero-order valence-electron chi connectivity index (χ0n) is 13.2. The maximum Gasteiger partial charge on any atom is 0.407 e. The van der Waals surface area contributed by atoms with E-state index in [4.69, 9.17) is 14.6 Å². The minimum atomic E-state index is -0.886. The van der Waals surface area contributed by atoms with Crippen molar-refractivity contribution in [2.75, 3.05) is 33.4 Å². The third-order valence-electron chi connectivity index (χ3n) is 4.48. The van der Waals surface area contributed by atoms with Crippen molar-refractivity contribution < 1.29 is 24.2 Å². The van der Waals surface area contributed by atoms with Crippen LogP contribution in [0.4, 0.5) is 4.79 Å². The van der Waals surface area contributed by atoms with Gasteiger partial charge in [-0.1, -0.05) is 0 Å². The number of hydrogen-bond acceptors (Lipinski definition) is 5. The lowest BCUT2D eigenvalue weighted by molar-refractivity contribution is 0.0703. The van der Waals surface area contributed by atoms with E-state index >= 15 is 0 Å². The van der Waals surface area contributed by atoms with Crippen LogP contribution in [0.1, 0.15) is 22.8 Å². The molecular formula is C16H20N2O5. The molecule has 0 spiro atoms. The van der Waals surface area contributed by atoms with E-state index < -0.39 is 6.09 Å². The maximum absolute atomic E-state index is 11.8. The molecular weight excluding hydrogens is 300 g/mol. The van der Waals surface area contributed by atoms with E-state index in [0.29, 0.717) is 43.2 Å². The molecule has 1 aromatic carbocycles. The molecule has 0 radical (unpaired) electrons. The van der Waals surface area contributed by atoms with Crippen molar-refractivity contribution in [1.82, 2.24) is 9.80 Å². The lowest BCUT2D eigenvalue weighted by Crippen LogP contribution is -2.52. The molecule has 1 saturated heterocycles. The van der Waals surface area contributed by atoms with Gasteiger partial charge in [-0.25, -0.2) is 4.79 Å². The minimum Gasteiger partial charge on any atom is -0.496 e. The fourth-order valence-electron chi connectivity index (χ4n) is 3.16. The molecule has 0 aromatic heterocycles. The van der Waals surface area contributed by atoms with Gasteiger partial charge in [0.1, 0.15) is 11.5 Å². The van der Waals surface area contributed by atoms with Crippen molar-refractivity contribution >= 4 is 11.9 Å². The predicted molar refractivity (Wildman–Crippen MR) is 82.3 cm³/mol. The van der Waals surface area contributed by atoms with Crippen molar-refractivity contribution in [2.45, 2.75) is 19.5 Å². The molecule has 2 heterocycles. The summed E-state index contributed by atoms with van der Waals surface area (Å²) in [5, 5.41) is 9.10. The number of amides is 1. The molecule has 23 heavy (non-hydrogen) atoms. The topological polar surface area (TPSA) is 79.3 Å². The Bertz CT molecular complexity index is 646. The highest BCUT2D eigenvalue weighted by Crippen LogP contribution is 2.37. The second kappa shape index (κ2) is 6.08. The molecule has 124 valence electrons. The van der Waals surface area contributed by atoms with E-state index in [1.165, 1.54) is 4.90 Å². The van der Waals surface area contributed by atoms with Crippen molar-refractivity contribution in [2.24, 2.45) is 0 Å². The average Bonchev–Trinajstić information content (AvgIpc) is 2.91. The van der Waals surface area contributed by atoms with E-state index in [2.05, 4.69) is 4.90 Å². The molecule has 1 atom stereocenters. The van der Waals surface area contributed by atoms with Crippen molar-refractivity contribution in [1.29, 1.82) is 0 Å². The lowest BCUT2D eigenvalue weighted by atomic mass is 10.0. The van der Waals surface area contributed by atoms with Crippen LogP contribution in [-0.4, -0.2) is 66.2 Å². The predicted octanol–water partition coefficient (Wildman–Crippen LogP) is 1.45. The summed E-state index contributed by atoms with van der Waals surface area (Å²) in [6.45, 7) is 4.19. The fraction of sp³-hybridized carbons (Fsp3) is 0.500. The molecule has 1 amide bonds. The third kappa shape index (κ3) is 2.84. The summed E-state index contributed by atoms with van der Waals surface area (Å²) in [6.07, 6.45) is -0.886. The lowest BCUT2D eigenvalue weighted by Gasteiger charge is -2.38. The maximum atomic E-state index is 11.8. The molecule has 1 fully saturated rings. The number of carboxylic acid groups (broad SMARTS) is 1. The number of piperazine rings is 1. The number of methoxy groups -OCH3 is 1. The van der Waals surface area contributed by atoms with Gasteiger partial charge < -0.3 is 19.5 Å². The van der Waals surface area contributed by atoms with Crippen LogP contribution in [0.3, 0.4) is 0 Å². The minimum absolute atomic E-state index is 0.0207. The number of carbonyl (C=O) groups excluding carboxylic acids is 1. The first-order valence-electron chi connectivity index (χ1n) is 7.59. The Balaban J connectivity index is 1.83. The van der Waals surface area contributed by atoms with Crippen LogP contribution in [-0.2, 0) is 6.54 Å². The van der Waals surface area contributed by atoms with Gasteiger partial charge in [-0.3, -0.25) is 9.69 Å². The highest BCUT2D eigenvalue weighted by molar-refractivity contribution is 6.03. The van der Waals surface area contributed by atoms with Crippen LogP contribution in [0.2, 0.25) is 0 Å². The number of hydrogen-bond donors (Lipinski definition) is 1. The van der Waals surface area contributed by atoms with Crippen LogP contribution >= 0.6 is 0 Å². The van der Waals surface area contributed by atoms with Gasteiger partial charge in [0.15, 0.2) is 6.61 Å². The van der Waals surface area contributed by atoms with Gasteiger partial charge in [0, 0.05) is 32.2 Å². The molecule has 2 aliphatic heterocycles. The van der Waals surface area contributed by atoms with Gasteiger partial charge >= 0.3 is 6.09 Å². The summed E-state index contributed by atoms with van der Waals surface area (Å²) in [4.78, 5) is 26.5. The Kier molecular flexibility index (Phi) is 4.12. The average molecular weight is 320 g/mol. The first kappa shape index (κ1) is 15.6. The van der Waals surface area contributed by atoms with Gasteiger partial charge in [0.2, 0.25) is 5.78 Å². The first-order valence-corrected chi connectivity index (χ1v) is 7.59. The van der Waals surface area contributed by atoms with Gasteiger partial charge in [-0.2, -0.15) is 0 Å². The summed E-state index contributed by atoms with van der Waals surface area (Å²) in [7, 11) is 1.59. The monoisotopic (exact) mass is 320 g/mol. The number of benzene rings is 1. The second-order valence-corrected chi connectivity index (χ2v) is 5.88. The Morgan fingerprint density at radius 2 is 2.22 bits per heavy atom. The number of ketones is 1. The molecule has 2 aliphatic rings. The van der Waals surface area contributed by atoms with Crippen LogP contribution in [0.25, 0.3) is 0 Å². The highest BCUT2D eigenvalue weighted by atomic mass is 16.5. The van der Waals surface area contributed by atoms with Crippen molar-refractivity contribution in [3.05, 3.63) is 23.3 Å². The van der Waals surface area contributed by atoms with Gasteiger partial charge in [0.05, 0.1) is 18.2 Å². The standard InChI is InChI=1S/C16H20N2O5/c1-10-7-18(16(20)21)6-5-17(10)8-12-14(22-2)4-3-11-13(19)9-23-15(11)12/h3-4,10H,5-9H2,1-2H3,(H,20,21). The quantitative estimate of drug-likeness (QED) is 0.908. The summed E-state index contributed by atoms with van der Waals surface area (Å²) in [5.41, 5.74) is 1.45. The number of ether oxygens (including phenoxy) is 2. The number of Topliss-reactive ketones (excluding diaryl/α,β-unsaturated/α-hetero) is 1. The molecule has 1 N–H and O–H groups in total. The summed E-state index contributed by atoms with van der Waals surface area (Å²) in [5.74, 6) is 1.26. The molecule has 0 saturated carbocycles. The molecule has 1 unspecified atom stereocenters. The largest absolute Gasteiger partial charge is 0.496 e. The zero-order chi connectivity index (χ0) is 16.6. The van der Waals surface area contributed by atoms with E-state index in [-0.39, 0.29) is 18.4 Å². The van der Waals surface area contributed by atoms with Crippen molar-refractivity contribution in [3.63, 3.8) is 0 Å². The Morgan fingerprint density at radius 3 is 2.87 bits per heavy atom. The smallest absolute Gasteiger partial charge is 0.407 e. The Labute approximate surface area is 134 Å². The SMILES string of the molecule is COc1ccc2c(c1CN1CCN(C(=O)O)CC1C)OCC2=O. The van der Waals surface area contributed by atoms with E-state index in [0.717, 1.165) is 5.56 Å².